The van der Waals surface area contributed by atoms with E-state index < -0.39 is 11.9 Å². The summed E-state index contributed by atoms with van der Waals surface area (Å²) in [7, 11) is 0.833. The van der Waals surface area contributed by atoms with Crippen molar-refractivity contribution in [3.8, 4) is 22.3 Å². The van der Waals surface area contributed by atoms with Crippen LogP contribution in [0.2, 0.25) is 0 Å². The number of halogens is 1. The maximum Gasteiger partial charge on any atom is 0.253 e. The largest absolute Gasteiger partial charge is 0.336 e. The number of carbonyl (C=O) groups is 5. The number of aromatic carboxylic acids is 2. The van der Waals surface area contributed by atoms with Crippen molar-refractivity contribution in [3.05, 3.63) is 255 Å². The van der Waals surface area contributed by atoms with Gasteiger partial charge in [0.1, 0.15) is 0 Å². The molecule has 0 aromatic heterocycles. The van der Waals surface area contributed by atoms with Gasteiger partial charge in [0.05, 0.1) is 11.1 Å². The Kier molecular flexibility index (Phi) is 23.2. The van der Waals surface area contributed by atoms with Gasteiger partial charge in [0.25, 0.3) is 17.7 Å². The van der Waals surface area contributed by atoms with Crippen LogP contribution in [0, 0.1) is 20.8 Å². The average molecular weight is 1220 g/mol. The molecule has 12 rings (SSSR count). The Labute approximate surface area is 513 Å². The first-order chi connectivity index (χ1) is 41.7. The second-order valence-electron chi connectivity index (χ2n) is 21.5. The summed E-state index contributed by atoms with van der Waals surface area (Å²) in [6, 6.07) is 66.0. The molecule has 4 aliphatic rings. The van der Waals surface area contributed by atoms with Crippen molar-refractivity contribution < 1.29 is 38.9 Å². The van der Waals surface area contributed by atoms with Gasteiger partial charge in [-0.15, -0.1) is 0 Å². The smallest absolute Gasteiger partial charge is 0.253 e. The van der Waals surface area contributed by atoms with Gasteiger partial charge in [0, 0.05) is 112 Å². The average Bonchev–Trinajstić information content (AvgIpc) is 1.83. The molecule has 86 heavy (non-hydrogen) atoms. The van der Waals surface area contributed by atoms with E-state index in [1.807, 2.05) is 180 Å². The Bertz CT molecular complexity index is 3540. The fourth-order valence-electron chi connectivity index (χ4n) is 10.5. The van der Waals surface area contributed by atoms with Gasteiger partial charge in [-0.25, -0.2) is 9.59 Å². The van der Waals surface area contributed by atoms with E-state index in [4.69, 9.17) is 10.2 Å². The van der Waals surface area contributed by atoms with Crippen molar-refractivity contribution in [3.63, 3.8) is 0 Å². The summed E-state index contributed by atoms with van der Waals surface area (Å²) in [6.07, 6.45) is 0. The molecule has 3 N–H and O–H groups in total. The van der Waals surface area contributed by atoms with Gasteiger partial charge < -0.3 is 30.2 Å². The molecule has 0 spiro atoms. The molecular weight excluding hydrogens is 1140 g/mol. The number of rotatable bonds is 10. The minimum absolute atomic E-state index is 0.107. The zero-order valence-corrected chi connectivity index (χ0v) is 50.4. The first-order valence-corrected chi connectivity index (χ1v) is 29.7. The molecule has 0 unspecified atom stereocenters. The summed E-state index contributed by atoms with van der Waals surface area (Å²) < 4.78 is 10.9. The van der Waals surface area contributed by atoms with Crippen molar-refractivity contribution >= 4 is 58.2 Å². The van der Waals surface area contributed by atoms with Crippen molar-refractivity contribution in [2.75, 3.05) is 78.5 Å². The molecule has 4 aliphatic heterocycles. The van der Waals surface area contributed by atoms with E-state index in [1.165, 1.54) is 0 Å². The zero-order valence-electron chi connectivity index (χ0n) is 48.8. The third-order valence-corrected chi connectivity index (χ3v) is 16.2. The van der Waals surface area contributed by atoms with E-state index in [9.17, 15) is 28.7 Å². The number of nitrogens with zero attached hydrogens (tertiary/aromatic N) is 5. The second kappa shape index (κ2) is 31.5. The normalized spacial score (nSPS) is 14.9. The number of piperazine rings is 2. The van der Waals surface area contributed by atoms with Gasteiger partial charge >= 0.3 is 59.6 Å². The molecule has 3 amide bonds. The van der Waals surface area contributed by atoms with E-state index in [-0.39, 0.29) is 17.7 Å². The molecule has 4 fully saturated rings. The third-order valence-electron chi connectivity index (χ3n) is 15.7. The molecule has 0 bridgehead atoms. The fourth-order valence-corrected chi connectivity index (χ4v) is 11.0. The van der Waals surface area contributed by atoms with E-state index in [0.29, 0.717) is 23.2 Å². The van der Waals surface area contributed by atoms with Crippen LogP contribution in [0.4, 0.5) is 0 Å². The molecule has 4 heterocycles. The van der Waals surface area contributed by atoms with Gasteiger partial charge in [-0.05, 0) is 114 Å². The summed E-state index contributed by atoms with van der Waals surface area (Å²) in [4.78, 5) is 70.1. The number of carboxylic acid groups (broad SMARTS) is 2. The molecule has 16 heteroatoms. The van der Waals surface area contributed by atoms with Crippen LogP contribution in [-0.2, 0) is 4.70 Å². The number of nitrogens with one attached hydrogen (secondary N) is 1. The molecule has 8 aromatic rings. The van der Waals surface area contributed by atoms with Crippen LogP contribution in [0.5, 0.6) is 0 Å². The zero-order chi connectivity index (χ0) is 61.0. The first-order valence-electron chi connectivity index (χ1n) is 28.9. The van der Waals surface area contributed by atoms with Crippen LogP contribution in [0.3, 0.4) is 0 Å². The quantitative estimate of drug-likeness (QED) is 0.111. The summed E-state index contributed by atoms with van der Waals surface area (Å²) in [5.41, 5.74) is 10.8. The van der Waals surface area contributed by atoms with E-state index in [1.54, 1.807) is 43.3 Å². The molecular formula is C70H72BBrN6O8. The van der Waals surface area contributed by atoms with E-state index in [2.05, 4.69) is 49.2 Å². The Hall–Kier alpha value is -8.67. The summed E-state index contributed by atoms with van der Waals surface area (Å²) >= 11 is 3.25. The Morgan fingerprint density at radius 2 is 0.791 bits per heavy atom. The molecule has 440 valence electrons. The Morgan fingerprint density at radius 3 is 1.15 bits per heavy atom. The Morgan fingerprint density at radius 1 is 0.419 bits per heavy atom. The summed E-state index contributed by atoms with van der Waals surface area (Å²) in [5.74, 6) is -1.37. The van der Waals surface area contributed by atoms with Gasteiger partial charge in [-0.3, -0.25) is 24.2 Å². The third kappa shape index (κ3) is 17.5. The number of amides is 3. The number of likely N-dealkylation sites (tertiary alicyclic amines) is 1. The van der Waals surface area contributed by atoms with Crippen LogP contribution < -0.4 is 10.8 Å². The van der Waals surface area contributed by atoms with E-state index in [0.717, 1.165) is 151 Å². The minimum atomic E-state index is -0.880. The molecule has 0 radical (unpaired) electrons. The minimum Gasteiger partial charge on any atom is -0.336 e. The van der Waals surface area contributed by atoms with Crippen LogP contribution in [0.1, 0.15) is 68.5 Å². The van der Waals surface area contributed by atoms with Crippen LogP contribution in [-0.4, -0.2) is 162 Å². The maximum absolute atomic E-state index is 13.1. The van der Waals surface area contributed by atoms with Crippen molar-refractivity contribution in [2.24, 2.45) is 0 Å². The Balaban J connectivity index is 0.000000153. The van der Waals surface area contributed by atoms with Crippen molar-refractivity contribution in [2.45, 2.75) is 32.9 Å². The van der Waals surface area contributed by atoms with Gasteiger partial charge in [0.2, 0.25) is 0 Å². The SMILES string of the molecule is Cc1cc(-c2ccccc2)ccc1C(=O)N1CC(N2CCN(C(=O)c3ccccc3)CC2)C1.Cc1cc(-c2ccccc2)ccc1C(=O)O.Cc1cc(Br)ccc1C(=O)O.O=Bc1ccccc1.O=C(c1ccccc1)N1CCN(C2CNC2)CC1. The molecule has 4 saturated heterocycles. The number of hydrogen-bond acceptors (Lipinski definition) is 9. The maximum atomic E-state index is 13.1. The van der Waals surface area contributed by atoms with E-state index >= 15 is 0 Å². The predicted molar refractivity (Wildman–Crippen MR) is 343 cm³/mol. The molecule has 14 nitrogen and oxygen atoms in total. The fraction of sp³-hybridized carbons (Fsp3) is 0.243. The number of carboxylic acids is 2. The molecule has 8 aromatic carbocycles. The number of hydrogen-bond donors (Lipinski definition) is 3. The van der Waals surface area contributed by atoms with Crippen LogP contribution >= 0.6 is 15.9 Å². The molecule has 0 atom stereocenters. The van der Waals surface area contributed by atoms with Crippen LogP contribution in [0.25, 0.3) is 22.3 Å². The van der Waals surface area contributed by atoms with Crippen molar-refractivity contribution in [1.82, 2.24) is 29.8 Å². The molecule has 0 saturated carbocycles. The standard InChI is InChI=1S/C28H29N3O2.C14H19N3O.C14H12O2.C8H7BrO2.C6H5BO/c1-21-18-24(22-8-4-2-5-9-22)12-13-26(21)28(33)31-19-25(20-31)29-14-16-30(17-15-29)27(32)23-10-6-3-7-11-23;18-14(12-4-2-1-3-5-12)17-8-6-16(7-9-17)13-10-15-11-13;1-10-9-12(7-8-13(10)14(15)16)11-5-3-2-4-6-11;1-5-4-6(9)2-3-7(5)8(10)11;8-7-6-4-2-1-3-5-6/h2-13,18,25H,14-17,19-20H2,1H3;1-5,13,15H,6-11H2;2-9H,1H3,(H,15,16);2-4H,1H3,(H,10,11);1-5H. The summed E-state index contributed by atoms with van der Waals surface area (Å²) in [5, 5.41) is 20.9. The van der Waals surface area contributed by atoms with Gasteiger partial charge in [0.15, 0.2) is 0 Å². The number of carbonyl (C=O) groups excluding carboxylic acids is 3. The summed E-state index contributed by atoms with van der Waals surface area (Å²) in [6.45, 7) is 16.2. The number of benzene rings is 8. The van der Waals surface area contributed by atoms with Gasteiger partial charge in [-0.1, -0.05) is 137 Å². The first kappa shape index (κ1) is 63.4. The predicted octanol–water partition coefficient (Wildman–Crippen LogP) is 10.5. The monoisotopic (exact) mass is 1210 g/mol. The van der Waals surface area contributed by atoms with Crippen LogP contribution in [0.15, 0.2) is 211 Å². The van der Waals surface area contributed by atoms with Crippen molar-refractivity contribution in [1.29, 1.82) is 0 Å². The molecule has 0 aliphatic carbocycles. The topological polar surface area (TPSA) is 171 Å². The number of aryl methyl sites for hydroxylation is 3. The second-order valence-corrected chi connectivity index (χ2v) is 22.4. The van der Waals surface area contributed by atoms with Gasteiger partial charge in [-0.2, -0.15) is 0 Å².